The summed E-state index contributed by atoms with van der Waals surface area (Å²) in [6, 6.07) is 7.92. The van der Waals surface area contributed by atoms with Crippen LogP contribution in [0.1, 0.15) is 71.6 Å². The van der Waals surface area contributed by atoms with Crippen molar-refractivity contribution in [1.29, 1.82) is 0 Å². The molecular formula is C25H30N4O5. The molecule has 0 saturated carbocycles. The van der Waals surface area contributed by atoms with Gasteiger partial charge in [0.25, 0.3) is 23.3 Å². The van der Waals surface area contributed by atoms with Gasteiger partial charge in [-0.05, 0) is 52.3 Å². The fourth-order valence-corrected chi connectivity index (χ4v) is 4.19. The summed E-state index contributed by atoms with van der Waals surface area (Å²) in [4.78, 5) is 65.8. The van der Waals surface area contributed by atoms with Crippen LogP contribution in [0.25, 0.3) is 0 Å². The third kappa shape index (κ3) is 4.93. The molecule has 0 radical (unpaired) electrons. The predicted molar refractivity (Wildman–Crippen MR) is 128 cm³/mol. The van der Waals surface area contributed by atoms with E-state index in [2.05, 4.69) is 5.32 Å². The maximum absolute atomic E-state index is 13.0. The highest BCUT2D eigenvalue weighted by molar-refractivity contribution is 6.21. The standard InChI is InChI=1S/C25H30N4O5/c1-15(2)29(16(3)4)22(31)17-13-20(25(34)27(5)14-17)26-21(30)11-8-12-28-23(32)18-9-6-7-10-19(18)24(28)33/h6-7,9-10,13-16H,8,11-12H2,1-5H3,(H,26,30). The summed E-state index contributed by atoms with van der Waals surface area (Å²) in [6.45, 7) is 7.75. The molecule has 34 heavy (non-hydrogen) atoms. The Morgan fingerprint density at radius 1 is 0.971 bits per heavy atom. The molecule has 0 aliphatic carbocycles. The van der Waals surface area contributed by atoms with Crippen LogP contribution in [0.2, 0.25) is 0 Å². The van der Waals surface area contributed by atoms with E-state index in [9.17, 15) is 24.0 Å². The van der Waals surface area contributed by atoms with E-state index in [1.807, 2.05) is 27.7 Å². The Labute approximate surface area is 198 Å². The zero-order chi connectivity index (χ0) is 25.2. The number of carbonyl (C=O) groups excluding carboxylic acids is 4. The summed E-state index contributed by atoms with van der Waals surface area (Å²) in [6.07, 6.45) is 1.70. The minimum absolute atomic E-state index is 0.00114. The quantitative estimate of drug-likeness (QED) is 0.602. The van der Waals surface area contributed by atoms with E-state index in [1.54, 1.807) is 29.2 Å². The van der Waals surface area contributed by atoms with Gasteiger partial charge in [0.1, 0.15) is 5.69 Å². The van der Waals surface area contributed by atoms with E-state index >= 15 is 0 Å². The fourth-order valence-electron chi connectivity index (χ4n) is 4.19. The number of hydrogen-bond donors (Lipinski definition) is 1. The van der Waals surface area contributed by atoms with Gasteiger partial charge in [-0.25, -0.2) is 0 Å². The molecule has 0 fully saturated rings. The lowest BCUT2D eigenvalue weighted by Gasteiger charge is -2.31. The molecular weight excluding hydrogens is 436 g/mol. The number of pyridine rings is 1. The molecule has 2 aromatic rings. The zero-order valence-corrected chi connectivity index (χ0v) is 20.1. The van der Waals surface area contributed by atoms with Gasteiger partial charge in [0, 0.05) is 38.3 Å². The first-order valence-electron chi connectivity index (χ1n) is 11.3. The number of aryl methyl sites for hydroxylation is 1. The molecule has 1 aromatic heterocycles. The van der Waals surface area contributed by atoms with Gasteiger partial charge in [0.05, 0.1) is 16.7 Å². The maximum Gasteiger partial charge on any atom is 0.274 e. The summed E-state index contributed by atoms with van der Waals surface area (Å²) in [5, 5.41) is 2.58. The predicted octanol–water partition coefficient (Wildman–Crippen LogP) is 2.66. The zero-order valence-electron chi connectivity index (χ0n) is 20.1. The summed E-state index contributed by atoms with van der Waals surface area (Å²) < 4.78 is 1.26. The summed E-state index contributed by atoms with van der Waals surface area (Å²) in [7, 11) is 1.52. The Bertz CT molecular complexity index is 1160. The highest BCUT2D eigenvalue weighted by Gasteiger charge is 2.34. The molecule has 9 nitrogen and oxygen atoms in total. The number of hydrogen-bond acceptors (Lipinski definition) is 5. The molecule has 0 unspecified atom stereocenters. The second-order valence-electron chi connectivity index (χ2n) is 8.92. The highest BCUT2D eigenvalue weighted by atomic mass is 16.2. The number of nitrogens with zero attached hydrogens (tertiary/aromatic N) is 3. The van der Waals surface area contributed by atoms with Crippen molar-refractivity contribution >= 4 is 29.3 Å². The fraction of sp³-hybridized carbons (Fsp3) is 0.400. The van der Waals surface area contributed by atoms with Crippen molar-refractivity contribution in [3.63, 3.8) is 0 Å². The second-order valence-corrected chi connectivity index (χ2v) is 8.92. The molecule has 1 aromatic carbocycles. The number of aromatic nitrogens is 1. The van der Waals surface area contributed by atoms with Gasteiger partial charge in [-0.1, -0.05) is 12.1 Å². The molecule has 0 saturated heterocycles. The average molecular weight is 467 g/mol. The third-order valence-electron chi connectivity index (χ3n) is 5.72. The minimum Gasteiger partial charge on any atom is -0.334 e. The minimum atomic E-state index is -0.442. The van der Waals surface area contributed by atoms with Crippen LogP contribution in [-0.2, 0) is 11.8 Å². The number of nitrogens with one attached hydrogen (secondary N) is 1. The third-order valence-corrected chi connectivity index (χ3v) is 5.72. The molecule has 3 rings (SSSR count). The van der Waals surface area contributed by atoms with E-state index < -0.39 is 11.5 Å². The summed E-state index contributed by atoms with van der Waals surface area (Å²) in [5.74, 6) is -1.42. The first kappa shape index (κ1) is 24.9. The molecule has 1 aliphatic rings. The smallest absolute Gasteiger partial charge is 0.274 e. The van der Waals surface area contributed by atoms with Crippen LogP contribution in [-0.4, -0.2) is 56.6 Å². The molecule has 1 aliphatic heterocycles. The molecule has 2 heterocycles. The number of anilines is 1. The van der Waals surface area contributed by atoms with Crippen molar-refractivity contribution < 1.29 is 19.2 Å². The van der Waals surface area contributed by atoms with Crippen LogP contribution < -0.4 is 10.9 Å². The van der Waals surface area contributed by atoms with Crippen LogP contribution >= 0.6 is 0 Å². The second kappa shape index (κ2) is 10.0. The summed E-state index contributed by atoms with van der Waals surface area (Å²) >= 11 is 0. The first-order valence-corrected chi connectivity index (χ1v) is 11.3. The molecule has 0 bridgehead atoms. The Morgan fingerprint density at radius 3 is 2.06 bits per heavy atom. The van der Waals surface area contributed by atoms with Crippen molar-refractivity contribution in [2.75, 3.05) is 11.9 Å². The van der Waals surface area contributed by atoms with E-state index in [4.69, 9.17) is 0 Å². The lowest BCUT2D eigenvalue weighted by molar-refractivity contribution is -0.116. The van der Waals surface area contributed by atoms with Crippen LogP contribution in [0.15, 0.2) is 41.3 Å². The van der Waals surface area contributed by atoms with Crippen LogP contribution in [0, 0.1) is 0 Å². The van der Waals surface area contributed by atoms with Crippen molar-refractivity contribution in [3.8, 4) is 0 Å². The Balaban J connectivity index is 1.66. The number of benzene rings is 1. The molecule has 4 amide bonds. The number of imide groups is 1. The molecule has 1 N–H and O–H groups in total. The summed E-state index contributed by atoms with van der Waals surface area (Å²) in [5.41, 5.74) is 0.584. The lowest BCUT2D eigenvalue weighted by atomic mass is 10.1. The van der Waals surface area contributed by atoms with Gasteiger partial charge in [0.15, 0.2) is 0 Å². The lowest BCUT2D eigenvalue weighted by Crippen LogP contribution is -2.42. The van der Waals surface area contributed by atoms with Gasteiger partial charge < -0.3 is 14.8 Å². The molecule has 9 heteroatoms. The number of amides is 4. The van der Waals surface area contributed by atoms with Crippen molar-refractivity contribution in [3.05, 3.63) is 63.6 Å². The van der Waals surface area contributed by atoms with Crippen LogP contribution in [0.3, 0.4) is 0 Å². The number of rotatable bonds is 8. The largest absolute Gasteiger partial charge is 0.334 e. The van der Waals surface area contributed by atoms with Crippen molar-refractivity contribution in [2.24, 2.45) is 7.05 Å². The average Bonchev–Trinajstić information content (AvgIpc) is 3.01. The normalized spacial score (nSPS) is 13.0. The number of carbonyl (C=O) groups is 4. The Morgan fingerprint density at radius 2 is 1.53 bits per heavy atom. The SMILES string of the molecule is CC(C)N(C(=O)c1cc(NC(=O)CCCN2C(=O)c3ccccc3C2=O)c(=O)n(C)c1)C(C)C. The van der Waals surface area contributed by atoms with E-state index in [0.717, 1.165) is 4.90 Å². The van der Waals surface area contributed by atoms with Gasteiger partial charge >= 0.3 is 0 Å². The Hall–Kier alpha value is -3.75. The van der Waals surface area contributed by atoms with Crippen LogP contribution in [0.4, 0.5) is 5.69 Å². The molecule has 180 valence electrons. The van der Waals surface area contributed by atoms with Crippen LogP contribution in [0.5, 0.6) is 0 Å². The van der Waals surface area contributed by atoms with Gasteiger partial charge in [-0.3, -0.25) is 28.9 Å². The van der Waals surface area contributed by atoms with Gasteiger partial charge in [-0.15, -0.1) is 0 Å². The highest BCUT2D eigenvalue weighted by Crippen LogP contribution is 2.22. The first-order chi connectivity index (χ1) is 16.0. The monoisotopic (exact) mass is 466 g/mol. The Kier molecular flexibility index (Phi) is 7.34. The van der Waals surface area contributed by atoms with E-state index in [1.165, 1.54) is 23.9 Å². The maximum atomic E-state index is 13.0. The topological polar surface area (TPSA) is 109 Å². The van der Waals surface area contributed by atoms with Gasteiger partial charge in [0.2, 0.25) is 5.91 Å². The van der Waals surface area contributed by atoms with E-state index in [0.29, 0.717) is 16.7 Å². The molecule has 0 atom stereocenters. The van der Waals surface area contributed by atoms with Crippen molar-refractivity contribution in [1.82, 2.24) is 14.4 Å². The molecule has 0 spiro atoms. The van der Waals surface area contributed by atoms with Gasteiger partial charge in [-0.2, -0.15) is 0 Å². The van der Waals surface area contributed by atoms with Crippen molar-refractivity contribution in [2.45, 2.75) is 52.6 Å². The van der Waals surface area contributed by atoms with E-state index in [-0.39, 0.29) is 54.9 Å². The number of fused-ring (bicyclic) bond motifs is 1.